The van der Waals surface area contributed by atoms with Crippen LogP contribution in [0.4, 0.5) is 0 Å². The lowest BCUT2D eigenvalue weighted by Crippen LogP contribution is -2.55. The average molecular weight is 302 g/mol. The molecular weight excluding hydrogens is 276 g/mol. The summed E-state index contributed by atoms with van der Waals surface area (Å²) in [4.78, 5) is 17.4. The molecule has 0 radical (unpaired) electrons. The molecule has 4 heteroatoms. The first-order chi connectivity index (χ1) is 10.7. The normalized spacial score (nSPS) is 30.3. The number of carbonyl (C=O) groups excluding carboxylic acids is 1. The number of hydrogen-bond acceptors (Lipinski definition) is 3. The first kappa shape index (κ1) is 15.5. The van der Waals surface area contributed by atoms with E-state index >= 15 is 0 Å². The van der Waals surface area contributed by atoms with Crippen molar-refractivity contribution in [2.45, 2.75) is 31.9 Å². The summed E-state index contributed by atoms with van der Waals surface area (Å²) in [7, 11) is 2.12. The van der Waals surface area contributed by atoms with E-state index in [4.69, 9.17) is 4.74 Å². The van der Waals surface area contributed by atoms with E-state index < -0.39 is 0 Å². The van der Waals surface area contributed by atoms with Crippen molar-refractivity contribution >= 4 is 5.91 Å². The molecule has 120 valence electrons. The highest BCUT2D eigenvalue weighted by molar-refractivity contribution is 5.80. The Morgan fingerprint density at radius 3 is 2.73 bits per heavy atom. The number of amides is 1. The van der Waals surface area contributed by atoms with Gasteiger partial charge in [-0.1, -0.05) is 30.3 Å². The monoisotopic (exact) mass is 302 g/mol. The zero-order valence-corrected chi connectivity index (χ0v) is 13.6. The third-order valence-electron chi connectivity index (χ3n) is 4.88. The second kappa shape index (κ2) is 6.80. The molecule has 2 aliphatic rings. The van der Waals surface area contributed by atoms with E-state index in [0.29, 0.717) is 0 Å². The van der Waals surface area contributed by atoms with Gasteiger partial charge in [0.25, 0.3) is 0 Å². The molecule has 0 unspecified atom stereocenters. The van der Waals surface area contributed by atoms with E-state index in [1.54, 1.807) is 0 Å². The van der Waals surface area contributed by atoms with Gasteiger partial charge in [-0.2, -0.15) is 0 Å². The molecule has 0 saturated carbocycles. The van der Waals surface area contributed by atoms with Crippen LogP contribution in [0.1, 0.15) is 31.4 Å². The van der Waals surface area contributed by atoms with Gasteiger partial charge < -0.3 is 14.5 Å². The summed E-state index contributed by atoms with van der Waals surface area (Å²) in [6, 6.07) is 10.5. The molecule has 0 aliphatic carbocycles. The summed E-state index contributed by atoms with van der Waals surface area (Å²) in [5.41, 5.74) is 1.13. The van der Waals surface area contributed by atoms with Crippen LogP contribution in [0.25, 0.3) is 0 Å². The molecule has 0 spiro atoms. The Morgan fingerprint density at radius 1 is 1.23 bits per heavy atom. The number of rotatable bonds is 2. The molecule has 3 atom stereocenters. The van der Waals surface area contributed by atoms with E-state index in [9.17, 15) is 4.79 Å². The SMILES string of the molecule is C[C@@H]1CN(C)CCN1C(=O)[C@@H]1CCCO[C@@H]1c1ccccc1. The molecular formula is C18H26N2O2. The van der Waals surface area contributed by atoms with Crippen molar-refractivity contribution in [3.8, 4) is 0 Å². The smallest absolute Gasteiger partial charge is 0.228 e. The fourth-order valence-electron chi connectivity index (χ4n) is 3.69. The lowest BCUT2D eigenvalue weighted by Gasteiger charge is -2.42. The summed E-state index contributed by atoms with van der Waals surface area (Å²) >= 11 is 0. The Bertz CT molecular complexity index is 505. The van der Waals surface area contributed by atoms with Crippen LogP contribution in [0, 0.1) is 5.92 Å². The highest BCUT2D eigenvalue weighted by Gasteiger charge is 2.38. The van der Waals surface area contributed by atoms with Gasteiger partial charge in [-0.05, 0) is 32.4 Å². The molecule has 0 bridgehead atoms. The van der Waals surface area contributed by atoms with Crippen LogP contribution in [0.15, 0.2) is 30.3 Å². The van der Waals surface area contributed by atoms with Crippen molar-refractivity contribution in [1.82, 2.24) is 9.80 Å². The van der Waals surface area contributed by atoms with E-state index in [2.05, 4.69) is 35.9 Å². The molecule has 22 heavy (non-hydrogen) atoms. The number of benzene rings is 1. The first-order valence-electron chi connectivity index (χ1n) is 8.32. The Labute approximate surface area is 133 Å². The number of ether oxygens (including phenoxy) is 1. The molecule has 0 N–H and O–H groups in total. The predicted octanol–water partition coefficient (Wildman–Crippen LogP) is 2.32. The minimum atomic E-state index is -0.0886. The summed E-state index contributed by atoms with van der Waals surface area (Å²) in [6.07, 6.45) is 1.81. The van der Waals surface area contributed by atoms with Gasteiger partial charge in [0.05, 0.1) is 12.0 Å². The molecule has 2 heterocycles. The Morgan fingerprint density at radius 2 is 2.00 bits per heavy atom. The average Bonchev–Trinajstić information content (AvgIpc) is 2.55. The van der Waals surface area contributed by atoms with E-state index in [1.807, 2.05) is 18.2 Å². The van der Waals surface area contributed by atoms with Crippen molar-refractivity contribution in [3.05, 3.63) is 35.9 Å². The standard InChI is InChI=1S/C18H26N2O2/c1-14-13-19(2)10-11-20(14)18(21)16-9-6-12-22-17(16)15-7-4-3-5-8-15/h3-5,7-8,14,16-17H,6,9-13H2,1-2H3/t14-,16-,17-/m1/s1. The number of piperazine rings is 1. The molecule has 2 aliphatic heterocycles. The van der Waals surface area contributed by atoms with Crippen LogP contribution >= 0.6 is 0 Å². The lowest BCUT2D eigenvalue weighted by atomic mass is 9.87. The fraction of sp³-hybridized carbons (Fsp3) is 0.611. The molecule has 1 amide bonds. The topological polar surface area (TPSA) is 32.8 Å². The van der Waals surface area contributed by atoms with Gasteiger partial charge in [0, 0.05) is 32.3 Å². The quantitative estimate of drug-likeness (QED) is 0.840. The van der Waals surface area contributed by atoms with Gasteiger partial charge in [-0.3, -0.25) is 4.79 Å². The third kappa shape index (κ3) is 3.18. The van der Waals surface area contributed by atoms with Crippen molar-refractivity contribution in [1.29, 1.82) is 0 Å². The van der Waals surface area contributed by atoms with Gasteiger partial charge in [-0.15, -0.1) is 0 Å². The molecule has 4 nitrogen and oxygen atoms in total. The van der Waals surface area contributed by atoms with Crippen LogP contribution in [0.5, 0.6) is 0 Å². The van der Waals surface area contributed by atoms with Crippen molar-refractivity contribution in [3.63, 3.8) is 0 Å². The number of likely N-dealkylation sites (N-methyl/N-ethyl adjacent to an activating group) is 1. The summed E-state index contributed by atoms with van der Waals surface area (Å²) in [5, 5.41) is 0. The Hall–Kier alpha value is -1.39. The predicted molar refractivity (Wildman–Crippen MR) is 86.5 cm³/mol. The minimum Gasteiger partial charge on any atom is -0.373 e. The highest BCUT2D eigenvalue weighted by Crippen LogP contribution is 2.35. The molecule has 2 fully saturated rings. The highest BCUT2D eigenvalue weighted by atomic mass is 16.5. The second-order valence-corrected chi connectivity index (χ2v) is 6.59. The van der Waals surface area contributed by atoms with Crippen LogP contribution in [0.2, 0.25) is 0 Å². The fourth-order valence-corrected chi connectivity index (χ4v) is 3.69. The molecule has 1 aromatic carbocycles. The summed E-state index contributed by atoms with van der Waals surface area (Å²) in [6.45, 7) is 5.64. The second-order valence-electron chi connectivity index (χ2n) is 6.59. The van der Waals surface area contributed by atoms with Crippen molar-refractivity contribution in [2.24, 2.45) is 5.92 Å². The van der Waals surface area contributed by atoms with Crippen LogP contribution in [0.3, 0.4) is 0 Å². The van der Waals surface area contributed by atoms with Crippen molar-refractivity contribution < 1.29 is 9.53 Å². The summed E-state index contributed by atoms with van der Waals surface area (Å²) < 4.78 is 5.99. The molecule has 2 saturated heterocycles. The molecule has 0 aromatic heterocycles. The van der Waals surface area contributed by atoms with E-state index in [-0.39, 0.29) is 24.0 Å². The maximum absolute atomic E-state index is 13.1. The summed E-state index contributed by atoms with van der Waals surface area (Å²) in [5.74, 6) is 0.233. The maximum Gasteiger partial charge on any atom is 0.228 e. The lowest BCUT2D eigenvalue weighted by molar-refractivity contribution is -0.149. The van der Waals surface area contributed by atoms with Gasteiger partial charge in [0.1, 0.15) is 0 Å². The van der Waals surface area contributed by atoms with Crippen LogP contribution in [-0.2, 0) is 9.53 Å². The van der Waals surface area contributed by atoms with Crippen LogP contribution in [-0.4, -0.2) is 55.0 Å². The minimum absolute atomic E-state index is 0.0398. The van der Waals surface area contributed by atoms with Gasteiger partial charge >= 0.3 is 0 Å². The number of carbonyl (C=O) groups is 1. The maximum atomic E-state index is 13.1. The van der Waals surface area contributed by atoms with Gasteiger partial charge in [0.15, 0.2) is 0 Å². The number of nitrogens with zero attached hydrogens (tertiary/aromatic N) is 2. The molecule has 1 aromatic rings. The van der Waals surface area contributed by atoms with Gasteiger partial charge in [-0.25, -0.2) is 0 Å². The van der Waals surface area contributed by atoms with E-state index in [1.165, 1.54) is 0 Å². The Kier molecular flexibility index (Phi) is 4.79. The van der Waals surface area contributed by atoms with Gasteiger partial charge in [0.2, 0.25) is 5.91 Å². The van der Waals surface area contributed by atoms with E-state index in [0.717, 1.165) is 44.6 Å². The van der Waals surface area contributed by atoms with Crippen LogP contribution < -0.4 is 0 Å². The number of hydrogen-bond donors (Lipinski definition) is 0. The van der Waals surface area contributed by atoms with Crippen molar-refractivity contribution in [2.75, 3.05) is 33.3 Å². The Balaban J connectivity index is 1.77. The third-order valence-corrected chi connectivity index (χ3v) is 4.88. The largest absolute Gasteiger partial charge is 0.373 e. The molecule has 3 rings (SSSR count). The zero-order chi connectivity index (χ0) is 15.5. The zero-order valence-electron chi connectivity index (χ0n) is 13.6. The first-order valence-corrected chi connectivity index (χ1v) is 8.32.